The molecule has 1 aliphatic heterocycles. The van der Waals surface area contributed by atoms with Crippen molar-refractivity contribution in [3.8, 4) is 22.9 Å². The Labute approximate surface area is 204 Å². The third-order valence-electron chi connectivity index (χ3n) is 6.26. The normalized spacial score (nSPS) is 15.1. The molecule has 4 rings (SSSR count). The molecule has 4 heterocycles. The molecule has 1 aliphatic rings. The molecule has 0 atom stereocenters. The first-order chi connectivity index (χ1) is 16.9. The van der Waals surface area contributed by atoms with E-state index in [0.29, 0.717) is 55.8 Å². The highest BCUT2D eigenvalue weighted by molar-refractivity contribution is 5.85. The topological polar surface area (TPSA) is 113 Å². The largest absolute Gasteiger partial charge is 0.492 e. The van der Waals surface area contributed by atoms with E-state index in [1.165, 1.54) is 0 Å². The monoisotopic (exact) mass is 474 g/mol. The minimum absolute atomic E-state index is 0.0831. The number of pyridine rings is 2. The second kappa shape index (κ2) is 10.1. The molecule has 1 fully saturated rings. The van der Waals surface area contributed by atoms with Gasteiger partial charge in [0.25, 0.3) is 0 Å². The fraction of sp³-hybridized carbons (Fsp3) is 0.423. The van der Waals surface area contributed by atoms with Gasteiger partial charge >= 0.3 is 0 Å². The second-order valence-corrected chi connectivity index (χ2v) is 9.30. The van der Waals surface area contributed by atoms with Crippen molar-refractivity contribution in [2.45, 2.75) is 45.6 Å². The molecule has 1 saturated heterocycles. The van der Waals surface area contributed by atoms with E-state index in [-0.39, 0.29) is 11.8 Å². The number of amides is 1. The maximum atomic E-state index is 12.3. The average Bonchev–Trinajstić information content (AvgIpc) is 3.27. The molecule has 1 N–H and O–H groups in total. The SMILES string of the molecule is CCOc1cc(-c2ccc(N3CCC(C=O)(NC(=O)CC(C)C)CC3)nc2)c2c(C#N)cnn2c1. The lowest BCUT2D eigenvalue weighted by atomic mass is 9.88. The zero-order chi connectivity index (χ0) is 25.0. The van der Waals surface area contributed by atoms with E-state index in [1.54, 1.807) is 23.1 Å². The van der Waals surface area contributed by atoms with Gasteiger partial charge in [0, 0.05) is 36.8 Å². The molecule has 182 valence electrons. The average molecular weight is 475 g/mol. The molecular formula is C26H30N6O3. The van der Waals surface area contributed by atoms with Crippen LogP contribution in [0.5, 0.6) is 5.75 Å². The number of anilines is 1. The van der Waals surface area contributed by atoms with Crippen molar-refractivity contribution in [1.82, 2.24) is 19.9 Å². The van der Waals surface area contributed by atoms with Gasteiger partial charge in [0.15, 0.2) is 0 Å². The number of carbonyl (C=O) groups excluding carboxylic acids is 2. The molecule has 9 nitrogen and oxygen atoms in total. The van der Waals surface area contributed by atoms with Crippen LogP contribution < -0.4 is 15.0 Å². The van der Waals surface area contributed by atoms with Gasteiger partial charge in [0.2, 0.25) is 5.91 Å². The molecule has 0 spiro atoms. The van der Waals surface area contributed by atoms with Gasteiger partial charge < -0.3 is 19.7 Å². The molecule has 0 aromatic carbocycles. The zero-order valence-electron chi connectivity index (χ0n) is 20.3. The summed E-state index contributed by atoms with van der Waals surface area (Å²) in [5, 5.41) is 16.8. The lowest BCUT2D eigenvalue weighted by molar-refractivity contribution is -0.127. The lowest BCUT2D eigenvalue weighted by Gasteiger charge is -2.39. The van der Waals surface area contributed by atoms with Gasteiger partial charge in [0.1, 0.15) is 23.9 Å². The summed E-state index contributed by atoms with van der Waals surface area (Å²) in [7, 11) is 0. The number of hydrogen-bond acceptors (Lipinski definition) is 7. The van der Waals surface area contributed by atoms with Gasteiger partial charge in [-0.05, 0) is 43.9 Å². The van der Waals surface area contributed by atoms with Gasteiger partial charge in [-0.2, -0.15) is 10.4 Å². The van der Waals surface area contributed by atoms with Crippen molar-refractivity contribution in [3.05, 3.63) is 42.4 Å². The summed E-state index contributed by atoms with van der Waals surface area (Å²) in [6, 6.07) is 8.00. The van der Waals surface area contributed by atoms with E-state index in [4.69, 9.17) is 4.74 Å². The molecule has 0 radical (unpaired) electrons. The van der Waals surface area contributed by atoms with Gasteiger partial charge in [0.05, 0.1) is 35.6 Å². The summed E-state index contributed by atoms with van der Waals surface area (Å²) in [6.07, 6.45) is 7.44. The quantitative estimate of drug-likeness (QED) is 0.498. The number of hydrogen-bond donors (Lipinski definition) is 1. The van der Waals surface area contributed by atoms with Crippen LogP contribution in [0.25, 0.3) is 16.6 Å². The number of piperidine rings is 1. The fourth-order valence-corrected chi connectivity index (χ4v) is 4.48. The van der Waals surface area contributed by atoms with Crippen molar-refractivity contribution in [2.75, 3.05) is 24.6 Å². The van der Waals surface area contributed by atoms with E-state index in [2.05, 4.69) is 26.4 Å². The van der Waals surface area contributed by atoms with Gasteiger partial charge in [-0.25, -0.2) is 9.50 Å². The predicted molar refractivity (Wildman–Crippen MR) is 132 cm³/mol. The first-order valence-corrected chi connectivity index (χ1v) is 11.9. The number of rotatable bonds is 8. The molecule has 3 aromatic rings. The molecule has 0 saturated carbocycles. The van der Waals surface area contributed by atoms with E-state index in [9.17, 15) is 14.9 Å². The van der Waals surface area contributed by atoms with Gasteiger partial charge in [-0.1, -0.05) is 13.8 Å². The molecule has 1 amide bonds. The van der Waals surface area contributed by atoms with Gasteiger partial charge in [-0.15, -0.1) is 0 Å². The predicted octanol–water partition coefficient (Wildman–Crippen LogP) is 3.37. The first kappa shape index (κ1) is 24.2. The Bertz CT molecular complexity index is 1250. The number of carbonyl (C=O) groups is 2. The highest BCUT2D eigenvalue weighted by Crippen LogP contribution is 2.32. The second-order valence-electron chi connectivity index (χ2n) is 9.30. The number of fused-ring (bicyclic) bond motifs is 1. The van der Waals surface area contributed by atoms with E-state index in [1.807, 2.05) is 39.0 Å². The van der Waals surface area contributed by atoms with Crippen molar-refractivity contribution in [3.63, 3.8) is 0 Å². The third-order valence-corrected chi connectivity index (χ3v) is 6.26. The summed E-state index contributed by atoms with van der Waals surface area (Å²) in [4.78, 5) is 30.9. The smallest absolute Gasteiger partial charge is 0.221 e. The highest BCUT2D eigenvalue weighted by atomic mass is 16.5. The Morgan fingerprint density at radius 3 is 2.69 bits per heavy atom. The Balaban J connectivity index is 1.53. The fourth-order valence-electron chi connectivity index (χ4n) is 4.48. The summed E-state index contributed by atoms with van der Waals surface area (Å²) >= 11 is 0. The third kappa shape index (κ3) is 5.11. The molecule has 0 aliphatic carbocycles. The van der Waals surface area contributed by atoms with E-state index in [0.717, 1.165) is 23.2 Å². The van der Waals surface area contributed by atoms with Crippen LogP contribution in [0.1, 0.15) is 45.6 Å². The molecule has 0 unspecified atom stereocenters. The van der Waals surface area contributed by atoms with E-state index >= 15 is 0 Å². The van der Waals surface area contributed by atoms with Crippen LogP contribution in [0.15, 0.2) is 36.8 Å². The van der Waals surface area contributed by atoms with E-state index < -0.39 is 5.54 Å². The summed E-state index contributed by atoms with van der Waals surface area (Å²) < 4.78 is 7.34. The molecule has 0 bridgehead atoms. The summed E-state index contributed by atoms with van der Waals surface area (Å²) in [6.45, 7) is 7.62. The molecular weight excluding hydrogens is 444 g/mol. The first-order valence-electron chi connectivity index (χ1n) is 11.9. The Morgan fingerprint density at radius 2 is 2.09 bits per heavy atom. The Morgan fingerprint density at radius 1 is 1.31 bits per heavy atom. The minimum atomic E-state index is -0.816. The van der Waals surface area contributed by atoms with Crippen LogP contribution in [0.4, 0.5) is 5.82 Å². The maximum Gasteiger partial charge on any atom is 0.221 e. The Kier molecular flexibility index (Phi) is 7.01. The van der Waals surface area contributed by atoms with Crippen LogP contribution in [-0.2, 0) is 9.59 Å². The van der Waals surface area contributed by atoms with Crippen molar-refractivity contribution in [2.24, 2.45) is 5.92 Å². The van der Waals surface area contributed by atoms with Crippen molar-refractivity contribution in [1.29, 1.82) is 5.26 Å². The number of nitrogens with zero attached hydrogens (tertiary/aromatic N) is 5. The van der Waals surface area contributed by atoms with Crippen LogP contribution in [0, 0.1) is 17.2 Å². The van der Waals surface area contributed by atoms with Gasteiger partial charge in [-0.3, -0.25) is 4.79 Å². The zero-order valence-corrected chi connectivity index (χ0v) is 20.3. The maximum absolute atomic E-state index is 12.3. The number of aldehydes is 1. The van der Waals surface area contributed by atoms with Crippen LogP contribution in [0.3, 0.4) is 0 Å². The van der Waals surface area contributed by atoms with Crippen LogP contribution in [0.2, 0.25) is 0 Å². The lowest BCUT2D eigenvalue weighted by Crippen LogP contribution is -2.56. The number of aromatic nitrogens is 3. The van der Waals surface area contributed by atoms with Crippen molar-refractivity contribution >= 4 is 23.5 Å². The Hall–Kier alpha value is -3.93. The minimum Gasteiger partial charge on any atom is -0.492 e. The molecule has 35 heavy (non-hydrogen) atoms. The summed E-state index contributed by atoms with van der Waals surface area (Å²) in [5.41, 5.74) is 2.03. The summed E-state index contributed by atoms with van der Waals surface area (Å²) in [5.74, 6) is 1.61. The standard InChI is InChI=1S/C26H30N6O3/c1-4-35-21-12-22(25-20(13-27)15-29-32(25)16-21)19-5-6-23(28-14-19)31-9-7-26(17-33,8-10-31)30-24(34)11-18(2)3/h5-6,12,14-18H,4,7-11H2,1-3H3,(H,30,34). The number of nitriles is 1. The van der Waals surface area contributed by atoms with Crippen LogP contribution >= 0.6 is 0 Å². The molecule has 3 aromatic heterocycles. The number of ether oxygens (including phenoxy) is 1. The van der Waals surface area contributed by atoms with Crippen molar-refractivity contribution < 1.29 is 14.3 Å². The number of nitrogens with one attached hydrogen (secondary N) is 1. The highest BCUT2D eigenvalue weighted by Gasteiger charge is 2.36. The molecule has 9 heteroatoms. The van der Waals surface area contributed by atoms with Crippen LogP contribution in [-0.4, -0.2) is 52.0 Å².